The van der Waals surface area contributed by atoms with Crippen molar-refractivity contribution >= 4 is 17.4 Å². The Bertz CT molecular complexity index is 383. The first kappa shape index (κ1) is 9.40. The number of halogens is 1. The minimum atomic E-state index is 0.571. The lowest BCUT2D eigenvalue weighted by atomic mass is 10.0. The fourth-order valence-electron chi connectivity index (χ4n) is 2.00. The van der Waals surface area contributed by atoms with Gasteiger partial charge in [0, 0.05) is 25.1 Å². The molecule has 1 aliphatic carbocycles. The zero-order chi connectivity index (χ0) is 10.4. The molecule has 1 aromatic rings. The van der Waals surface area contributed by atoms with Crippen LogP contribution in [-0.2, 0) is 0 Å². The van der Waals surface area contributed by atoms with Crippen molar-refractivity contribution in [1.29, 1.82) is 0 Å². The predicted octanol–water partition coefficient (Wildman–Crippen LogP) is 2.46. The van der Waals surface area contributed by atoms with Crippen molar-refractivity contribution in [2.75, 3.05) is 18.0 Å². The summed E-state index contributed by atoms with van der Waals surface area (Å²) in [5, 5.41) is 0.585. The number of hydrogen-bond acceptors (Lipinski definition) is 3. The number of hydrogen-bond donors (Lipinski definition) is 0. The first-order chi connectivity index (χ1) is 7.22. The first-order valence-electron chi connectivity index (χ1n) is 5.52. The molecule has 1 aromatic heterocycles. The highest BCUT2D eigenvalue weighted by Crippen LogP contribution is 2.39. The van der Waals surface area contributed by atoms with Crippen molar-refractivity contribution in [2.24, 2.45) is 5.92 Å². The van der Waals surface area contributed by atoms with Crippen LogP contribution < -0.4 is 4.90 Å². The molecule has 0 atom stereocenters. The Balaban J connectivity index is 1.87. The van der Waals surface area contributed by atoms with Gasteiger partial charge < -0.3 is 4.90 Å². The minimum absolute atomic E-state index is 0.571. The Kier molecular flexibility index (Phi) is 2.09. The van der Waals surface area contributed by atoms with Gasteiger partial charge in [-0.25, -0.2) is 9.97 Å². The summed E-state index contributed by atoms with van der Waals surface area (Å²) in [4.78, 5) is 11.1. The highest BCUT2D eigenvalue weighted by atomic mass is 35.5. The zero-order valence-electron chi connectivity index (χ0n) is 8.78. The van der Waals surface area contributed by atoms with Gasteiger partial charge in [0.1, 0.15) is 16.8 Å². The van der Waals surface area contributed by atoms with Crippen LogP contribution in [0.5, 0.6) is 0 Å². The quantitative estimate of drug-likeness (QED) is 0.722. The van der Waals surface area contributed by atoms with E-state index in [0.717, 1.165) is 30.6 Å². The van der Waals surface area contributed by atoms with Crippen molar-refractivity contribution in [1.82, 2.24) is 9.97 Å². The molecule has 0 bridgehead atoms. The maximum absolute atomic E-state index is 6.01. The van der Waals surface area contributed by atoms with Crippen LogP contribution in [0.2, 0.25) is 5.15 Å². The van der Waals surface area contributed by atoms with Gasteiger partial charge in [-0.15, -0.1) is 0 Å². The summed E-state index contributed by atoms with van der Waals surface area (Å²) in [5.74, 6) is 3.30. The summed E-state index contributed by atoms with van der Waals surface area (Å²) in [6.07, 6.45) is 2.44. The van der Waals surface area contributed by atoms with Crippen LogP contribution in [0.3, 0.4) is 0 Å². The Labute approximate surface area is 94.5 Å². The van der Waals surface area contributed by atoms with E-state index in [1.807, 2.05) is 6.07 Å². The normalized spacial score (nSPS) is 21.6. The van der Waals surface area contributed by atoms with E-state index < -0.39 is 0 Å². The number of aromatic nitrogens is 2. The second-order valence-corrected chi connectivity index (χ2v) is 5.08. The highest BCUT2D eigenvalue weighted by Gasteiger charge is 2.29. The topological polar surface area (TPSA) is 29.0 Å². The van der Waals surface area contributed by atoms with Crippen molar-refractivity contribution in [3.63, 3.8) is 0 Å². The third-order valence-electron chi connectivity index (χ3n) is 3.03. The average molecular weight is 224 g/mol. The van der Waals surface area contributed by atoms with Crippen molar-refractivity contribution < 1.29 is 0 Å². The lowest BCUT2D eigenvalue weighted by Crippen LogP contribution is -2.45. The smallest absolute Gasteiger partial charge is 0.135 e. The van der Waals surface area contributed by atoms with Crippen molar-refractivity contribution in [3.8, 4) is 0 Å². The molecule has 2 fully saturated rings. The zero-order valence-corrected chi connectivity index (χ0v) is 9.54. The monoisotopic (exact) mass is 223 g/mol. The van der Waals surface area contributed by atoms with Crippen molar-refractivity contribution in [3.05, 3.63) is 17.0 Å². The molecular formula is C11H14ClN3. The van der Waals surface area contributed by atoms with Crippen LogP contribution in [0.25, 0.3) is 0 Å². The molecule has 4 heteroatoms. The van der Waals surface area contributed by atoms with Gasteiger partial charge in [-0.3, -0.25) is 0 Å². The van der Waals surface area contributed by atoms with Crippen LogP contribution in [-0.4, -0.2) is 23.1 Å². The van der Waals surface area contributed by atoms with Gasteiger partial charge in [0.25, 0.3) is 0 Å². The molecule has 2 heterocycles. The minimum Gasteiger partial charge on any atom is -0.356 e. The molecule has 80 valence electrons. The first-order valence-corrected chi connectivity index (χ1v) is 5.89. The maximum Gasteiger partial charge on any atom is 0.135 e. The summed E-state index contributed by atoms with van der Waals surface area (Å²) in [6.45, 7) is 4.44. The Morgan fingerprint density at radius 2 is 2.07 bits per heavy atom. The fourth-order valence-corrected chi connectivity index (χ4v) is 2.18. The van der Waals surface area contributed by atoms with Crippen LogP contribution >= 0.6 is 11.6 Å². The number of nitrogens with zero attached hydrogens (tertiary/aromatic N) is 3. The van der Waals surface area contributed by atoms with Crippen LogP contribution in [0.4, 0.5) is 5.82 Å². The van der Waals surface area contributed by atoms with E-state index in [-0.39, 0.29) is 0 Å². The molecule has 0 amide bonds. The number of anilines is 1. The highest BCUT2D eigenvalue weighted by molar-refractivity contribution is 6.29. The van der Waals surface area contributed by atoms with E-state index in [4.69, 9.17) is 11.6 Å². The third-order valence-corrected chi connectivity index (χ3v) is 3.22. The van der Waals surface area contributed by atoms with Gasteiger partial charge in [-0.05, 0) is 18.8 Å². The second kappa shape index (κ2) is 3.34. The average Bonchev–Trinajstić information content (AvgIpc) is 2.94. The fraction of sp³-hybridized carbons (Fsp3) is 0.636. The van der Waals surface area contributed by atoms with E-state index in [2.05, 4.69) is 21.8 Å². The molecule has 0 aromatic carbocycles. The molecular weight excluding hydrogens is 210 g/mol. The summed E-state index contributed by atoms with van der Waals surface area (Å²) >= 11 is 6.01. The summed E-state index contributed by atoms with van der Waals surface area (Å²) in [7, 11) is 0. The molecule has 0 radical (unpaired) electrons. The molecule has 15 heavy (non-hydrogen) atoms. The summed E-state index contributed by atoms with van der Waals surface area (Å²) in [5.41, 5.74) is 0. The van der Waals surface area contributed by atoms with Gasteiger partial charge in [0.15, 0.2) is 0 Å². The molecule has 0 spiro atoms. The molecule has 2 aliphatic rings. The second-order valence-electron chi connectivity index (χ2n) is 4.69. The van der Waals surface area contributed by atoms with Gasteiger partial charge >= 0.3 is 0 Å². The van der Waals surface area contributed by atoms with Gasteiger partial charge in [0.2, 0.25) is 0 Å². The van der Waals surface area contributed by atoms with E-state index in [9.17, 15) is 0 Å². The molecule has 1 aliphatic heterocycles. The molecule has 3 nitrogen and oxygen atoms in total. The lowest BCUT2D eigenvalue weighted by molar-refractivity contribution is 0.442. The van der Waals surface area contributed by atoms with Crippen LogP contribution in [0.15, 0.2) is 6.07 Å². The van der Waals surface area contributed by atoms with Gasteiger partial charge in [-0.1, -0.05) is 18.5 Å². The Morgan fingerprint density at radius 1 is 1.33 bits per heavy atom. The van der Waals surface area contributed by atoms with E-state index >= 15 is 0 Å². The largest absolute Gasteiger partial charge is 0.356 e. The van der Waals surface area contributed by atoms with Crippen LogP contribution in [0.1, 0.15) is 31.5 Å². The van der Waals surface area contributed by atoms with Gasteiger partial charge in [-0.2, -0.15) is 0 Å². The van der Waals surface area contributed by atoms with Gasteiger partial charge in [0.05, 0.1) is 0 Å². The third kappa shape index (κ3) is 1.81. The predicted molar refractivity (Wildman–Crippen MR) is 60.4 cm³/mol. The maximum atomic E-state index is 6.01. The molecule has 0 unspecified atom stereocenters. The van der Waals surface area contributed by atoms with Crippen molar-refractivity contribution in [2.45, 2.75) is 25.7 Å². The molecule has 0 N–H and O–H groups in total. The molecule has 1 saturated carbocycles. The Hall–Kier alpha value is -0.830. The summed E-state index contributed by atoms with van der Waals surface area (Å²) < 4.78 is 0. The molecule has 3 rings (SSSR count). The van der Waals surface area contributed by atoms with E-state index in [1.165, 1.54) is 12.8 Å². The van der Waals surface area contributed by atoms with E-state index in [0.29, 0.717) is 11.1 Å². The Morgan fingerprint density at radius 3 is 2.67 bits per heavy atom. The molecule has 1 saturated heterocycles. The standard InChI is InChI=1S/C11H14ClN3/c1-7-5-15(6-7)10-4-9(12)13-11(14-10)8-2-3-8/h4,7-8H,2-3,5-6H2,1H3. The lowest BCUT2D eigenvalue weighted by Gasteiger charge is -2.38. The van der Waals surface area contributed by atoms with E-state index in [1.54, 1.807) is 0 Å². The summed E-state index contributed by atoms with van der Waals surface area (Å²) in [6, 6.07) is 1.87. The van der Waals surface area contributed by atoms with Crippen LogP contribution in [0, 0.1) is 5.92 Å². The number of rotatable bonds is 2. The SMILES string of the molecule is CC1CN(c2cc(Cl)nc(C3CC3)n2)C1.